The lowest BCUT2D eigenvalue weighted by molar-refractivity contribution is -0.167. The number of aliphatic imine (C=N–C) groups is 1. The second-order valence-electron chi connectivity index (χ2n) is 6.67. The summed E-state index contributed by atoms with van der Waals surface area (Å²) in [6.45, 7) is 0. The summed E-state index contributed by atoms with van der Waals surface area (Å²) in [5.41, 5.74) is -0.0312. The van der Waals surface area contributed by atoms with E-state index in [4.69, 9.17) is 0 Å². The van der Waals surface area contributed by atoms with Gasteiger partial charge in [0.25, 0.3) is 5.91 Å². The third-order valence-electron chi connectivity index (χ3n) is 4.60. The van der Waals surface area contributed by atoms with Crippen molar-refractivity contribution in [3.8, 4) is 0 Å². The van der Waals surface area contributed by atoms with Crippen LogP contribution in [0.5, 0.6) is 0 Å². The molecule has 1 aliphatic rings. The van der Waals surface area contributed by atoms with Crippen molar-refractivity contribution in [2.45, 2.75) is 11.0 Å². The third-order valence-corrected chi connectivity index (χ3v) is 5.93. The van der Waals surface area contributed by atoms with Gasteiger partial charge in [-0.25, -0.2) is 14.7 Å². The number of aromatic nitrogens is 1. The number of hydrogen-bond donors (Lipinski definition) is 1. The first-order valence-corrected chi connectivity index (χ1v) is 10.2. The van der Waals surface area contributed by atoms with E-state index in [0.717, 1.165) is 4.90 Å². The standard InChI is InChI=1S/C22H15F3N4O2S/c23-22(24,25)21(16-11-5-2-6-12-16)28-19(31)29(17-13-7-8-14-26-17)20(32-21)27-18(30)15-9-3-1-4-10-15/h1-14H,(H,28,31). The number of amides is 3. The molecule has 0 radical (unpaired) electrons. The van der Waals surface area contributed by atoms with Crippen LogP contribution in [0.2, 0.25) is 0 Å². The Hall–Kier alpha value is -3.66. The number of amidine groups is 1. The van der Waals surface area contributed by atoms with Crippen LogP contribution in [0.3, 0.4) is 0 Å². The highest BCUT2D eigenvalue weighted by Crippen LogP contribution is 2.50. The van der Waals surface area contributed by atoms with Crippen molar-refractivity contribution in [1.82, 2.24) is 10.3 Å². The number of hydrogen-bond acceptors (Lipinski definition) is 4. The van der Waals surface area contributed by atoms with Crippen LogP contribution >= 0.6 is 11.8 Å². The number of halogens is 3. The Labute approximate surface area is 185 Å². The summed E-state index contributed by atoms with van der Waals surface area (Å²) in [5.74, 6) is -0.756. The van der Waals surface area contributed by atoms with E-state index < -0.39 is 28.2 Å². The number of thioether (sulfide) groups is 1. The number of rotatable bonds is 3. The maximum Gasteiger partial charge on any atom is 0.425 e. The van der Waals surface area contributed by atoms with Gasteiger partial charge in [-0.1, -0.05) is 54.6 Å². The van der Waals surface area contributed by atoms with Crippen molar-refractivity contribution in [2.75, 3.05) is 4.90 Å². The average Bonchev–Trinajstić information content (AvgIpc) is 2.80. The Balaban J connectivity index is 1.87. The molecule has 1 aromatic heterocycles. The Morgan fingerprint density at radius 1 is 0.969 bits per heavy atom. The Morgan fingerprint density at radius 3 is 2.19 bits per heavy atom. The maximum atomic E-state index is 14.4. The number of urea groups is 1. The van der Waals surface area contributed by atoms with Gasteiger partial charge in [0, 0.05) is 11.8 Å². The molecule has 0 spiro atoms. The molecule has 2 heterocycles. The summed E-state index contributed by atoms with van der Waals surface area (Å²) in [4.78, 5) is 31.7. The molecule has 1 saturated heterocycles. The van der Waals surface area contributed by atoms with Crippen molar-refractivity contribution < 1.29 is 22.8 Å². The Kier molecular flexibility index (Phi) is 5.70. The molecule has 1 aliphatic heterocycles. The minimum Gasteiger partial charge on any atom is -0.311 e. The largest absolute Gasteiger partial charge is 0.425 e. The molecule has 1 N–H and O–H groups in total. The van der Waals surface area contributed by atoms with E-state index >= 15 is 0 Å². The number of nitrogens with one attached hydrogen (secondary N) is 1. The monoisotopic (exact) mass is 456 g/mol. The van der Waals surface area contributed by atoms with E-state index in [1.807, 2.05) is 0 Å². The molecule has 6 nitrogen and oxygen atoms in total. The number of anilines is 1. The molecule has 4 rings (SSSR count). The molecule has 3 amide bonds. The van der Waals surface area contributed by atoms with Crippen LogP contribution in [0.1, 0.15) is 15.9 Å². The van der Waals surface area contributed by atoms with Crippen molar-refractivity contribution in [3.05, 3.63) is 96.2 Å². The normalized spacial score (nSPS) is 20.2. The zero-order valence-corrected chi connectivity index (χ0v) is 17.1. The highest BCUT2D eigenvalue weighted by Gasteiger charge is 2.62. The topological polar surface area (TPSA) is 74.7 Å². The number of carbonyl (C=O) groups is 2. The maximum absolute atomic E-state index is 14.4. The molecule has 1 fully saturated rings. The molecule has 10 heteroatoms. The molecular formula is C22H15F3N4O2S. The lowest BCUT2D eigenvalue weighted by Gasteiger charge is -2.42. The van der Waals surface area contributed by atoms with Gasteiger partial charge in [0.15, 0.2) is 5.17 Å². The number of nitrogens with zero attached hydrogens (tertiary/aromatic N) is 3. The van der Waals surface area contributed by atoms with Crippen LogP contribution < -0.4 is 10.2 Å². The fraction of sp³-hybridized carbons (Fsp3) is 0.0909. The van der Waals surface area contributed by atoms with E-state index in [2.05, 4.69) is 15.3 Å². The van der Waals surface area contributed by atoms with E-state index in [0.29, 0.717) is 0 Å². The summed E-state index contributed by atoms with van der Waals surface area (Å²) in [7, 11) is 0. The van der Waals surface area contributed by atoms with E-state index in [1.54, 1.807) is 36.4 Å². The van der Waals surface area contributed by atoms with Crippen LogP contribution in [0, 0.1) is 0 Å². The molecule has 0 saturated carbocycles. The molecule has 0 aliphatic carbocycles. The fourth-order valence-electron chi connectivity index (χ4n) is 3.09. The number of alkyl halides is 3. The lowest BCUT2D eigenvalue weighted by atomic mass is 10.1. The first-order chi connectivity index (χ1) is 15.3. The van der Waals surface area contributed by atoms with Crippen molar-refractivity contribution >= 4 is 34.7 Å². The number of carbonyl (C=O) groups excluding carboxylic acids is 2. The smallest absolute Gasteiger partial charge is 0.311 e. The highest BCUT2D eigenvalue weighted by molar-refractivity contribution is 8.15. The van der Waals surface area contributed by atoms with E-state index in [1.165, 1.54) is 48.7 Å². The summed E-state index contributed by atoms with van der Waals surface area (Å²) in [6.07, 6.45) is -3.52. The second-order valence-corrected chi connectivity index (χ2v) is 7.85. The SMILES string of the molecule is O=C(N=C1SC(c2ccccc2)(C(F)(F)F)NC(=O)N1c1ccccn1)c1ccccc1. The second kappa shape index (κ2) is 8.46. The molecular weight excluding hydrogens is 441 g/mol. The van der Waals surface area contributed by atoms with E-state index in [-0.39, 0.29) is 28.7 Å². The van der Waals surface area contributed by atoms with Crippen molar-refractivity contribution in [3.63, 3.8) is 0 Å². The van der Waals surface area contributed by atoms with Crippen LogP contribution in [0.25, 0.3) is 0 Å². The van der Waals surface area contributed by atoms with Gasteiger partial charge < -0.3 is 5.32 Å². The summed E-state index contributed by atoms with van der Waals surface area (Å²) in [5, 5.41) is 1.63. The quantitative estimate of drug-likeness (QED) is 0.605. The third kappa shape index (κ3) is 3.96. The van der Waals surface area contributed by atoms with Gasteiger partial charge in [0.05, 0.1) is 0 Å². The van der Waals surface area contributed by atoms with Gasteiger partial charge in [-0.05, 0) is 41.6 Å². The number of benzene rings is 2. The minimum atomic E-state index is -4.90. The molecule has 32 heavy (non-hydrogen) atoms. The summed E-state index contributed by atoms with van der Waals surface area (Å²) < 4.78 is 43.2. The summed E-state index contributed by atoms with van der Waals surface area (Å²) in [6, 6.07) is 18.3. The van der Waals surface area contributed by atoms with Crippen LogP contribution in [-0.4, -0.2) is 28.3 Å². The molecule has 2 aromatic carbocycles. The molecule has 1 atom stereocenters. The molecule has 162 valence electrons. The summed E-state index contributed by atoms with van der Waals surface area (Å²) >= 11 is 0.227. The predicted molar refractivity (Wildman–Crippen MR) is 115 cm³/mol. The molecule has 0 bridgehead atoms. The Bertz CT molecular complexity index is 1160. The minimum absolute atomic E-state index is 0.0287. The van der Waals surface area contributed by atoms with Crippen LogP contribution in [-0.2, 0) is 4.87 Å². The zero-order chi connectivity index (χ0) is 22.8. The van der Waals surface area contributed by atoms with E-state index in [9.17, 15) is 22.8 Å². The predicted octanol–water partition coefficient (Wildman–Crippen LogP) is 4.96. The Morgan fingerprint density at radius 2 is 1.59 bits per heavy atom. The number of pyridine rings is 1. The van der Waals surface area contributed by atoms with Crippen molar-refractivity contribution in [1.29, 1.82) is 0 Å². The average molecular weight is 456 g/mol. The van der Waals surface area contributed by atoms with Gasteiger partial charge in [-0.15, -0.1) is 0 Å². The van der Waals surface area contributed by atoms with Gasteiger partial charge in [0.1, 0.15) is 5.82 Å². The van der Waals surface area contributed by atoms with Gasteiger partial charge in [0.2, 0.25) is 4.87 Å². The lowest BCUT2D eigenvalue weighted by Crippen LogP contribution is -2.63. The van der Waals surface area contributed by atoms with Crippen molar-refractivity contribution in [2.24, 2.45) is 4.99 Å². The first kappa shape index (κ1) is 21.6. The van der Waals surface area contributed by atoms with Crippen LogP contribution in [0.15, 0.2) is 90.1 Å². The highest BCUT2D eigenvalue weighted by atomic mass is 32.2. The first-order valence-electron chi connectivity index (χ1n) is 9.34. The zero-order valence-electron chi connectivity index (χ0n) is 16.3. The molecule has 3 aromatic rings. The van der Waals surface area contributed by atoms with Gasteiger partial charge in [-0.3, -0.25) is 4.79 Å². The van der Waals surface area contributed by atoms with Gasteiger partial charge >= 0.3 is 12.2 Å². The van der Waals surface area contributed by atoms with Gasteiger partial charge in [-0.2, -0.15) is 18.2 Å². The fourth-order valence-corrected chi connectivity index (χ4v) is 4.27. The van der Waals surface area contributed by atoms with Crippen LogP contribution in [0.4, 0.5) is 23.8 Å². The molecule has 1 unspecified atom stereocenters.